The zero-order chi connectivity index (χ0) is 17.2. The fourth-order valence-electron chi connectivity index (χ4n) is 2.13. The van der Waals surface area contributed by atoms with Crippen LogP contribution in [0.15, 0.2) is 42.2 Å². The monoisotopic (exact) mass is 320 g/mol. The van der Waals surface area contributed by atoms with Gasteiger partial charge in [-0.25, -0.2) is 4.79 Å². The van der Waals surface area contributed by atoms with Gasteiger partial charge in [-0.15, -0.1) is 0 Å². The number of carbonyl (C=O) groups is 1. The summed E-state index contributed by atoms with van der Waals surface area (Å²) >= 11 is 0. The van der Waals surface area contributed by atoms with Crippen molar-refractivity contribution in [3.8, 4) is 5.75 Å². The predicted molar refractivity (Wildman–Crippen MR) is 89.1 cm³/mol. The maximum atomic E-state index is 11.8. The van der Waals surface area contributed by atoms with E-state index in [0.717, 1.165) is 11.3 Å². The van der Waals surface area contributed by atoms with Gasteiger partial charge in [-0.1, -0.05) is 31.2 Å². The van der Waals surface area contributed by atoms with Gasteiger partial charge in [0, 0.05) is 13.0 Å². The molecule has 0 heterocycles. The molecule has 1 aromatic carbocycles. The summed E-state index contributed by atoms with van der Waals surface area (Å²) in [6.07, 6.45) is 4.94. The lowest BCUT2D eigenvalue weighted by Gasteiger charge is -2.20. The van der Waals surface area contributed by atoms with Gasteiger partial charge >= 0.3 is 5.97 Å². The van der Waals surface area contributed by atoms with Crippen LogP contribution in [-0.4, -0.2) is 40.5 Å². The molecule has 0 radical (unpaired) electrons. The summed E-state index contributed by atoms with van der Waals surface area (Å²) < 4.78 is 20.4. The van der Waals surface area contributed by atoms with Crippen LogP contribution in [0.5, 0.6) is 5.75 Å². The molecular formula is C18H24O5. The van der Waals surface area contributed by atoms with Crippen LogP contribution in [-0.2, 0) is 19.0 Å². The average Bonchev–Trinajstić information content (AvgIpc) is 2.59. The Hall–Kier alpha value is -2.27. The minimum atomic E-state index is -0.431. The van der Waals surface area contributed by atoms with Crippen LogP contribution in [0.4, 0.5) is 0 Å². The van der Waals surface area contributed by atoms with Crippen molar-refractivity contribution in [2.45, 2.75) is 13.0 Å². The van der Waals surface area contributed by atoms with Crippen LogP contribution in [0.1, 0.15) is 12.5 Å². The normalized spacial score (nSPS) is 14.4. The maximum Gasteiger partial charge on any atom is 0.337 e. The topological polar surface area (TPSA) is 54.0 Å². The Labute approximate surface area is 137 Å². The summed E-state index contributed by atoms with van der Waals surface area (Å²) in [6, 6.07) is 7.66. The molecule has 5 nitrogen and oxygen atoms in total. The second kappa shape index (κ2) is 9.69. The SMILES string of the molecule is COC=C(C(=O)OC)[C@H](C)[C@H](C=Cc1ccc(OC)cc1)OC. The number of esters is 1. The molecule has 1 rings (SSSR count). The summed E-state index contributed by atoms with van der Waals surface area (Å²) in [4.78, 5) is 11.8. The Morgan fingerprint density at radius 2 is 1.74 bits per heavy atom. The highest BCUT2D eigenvalue weighted by Crippen LogP contribution is 2.21. The van der Waals surface area contributed by atoms with Crippen molar-refractivity contribution in [3.63, 3.8) is 0 Å². The lowest BCUT2D eigenvalue weighted by atomic mass is 9.95. The van der Waals surface area contributed by atoms with E-state index < -0.39 is 5.97 Å². The second-order valence-corrected chi connectivity index (χ2v) is 4.92. The molecule has 0 saturated carbocycles. The van der Waals surface area contributed by atoms with E-state index in [1.165, 1.54) is 20.5 Å². The predicted octanol–water partition coefficient (Wildman–Crippen LogP) is 3.06. The molecule has 0 bridgehead atoms. The zero-order valence-electron chi connectivity index (χ0n) is 14.2. The number of carbonyl (C=O) groups excluding carboxylic acids is 1. The molecule has 23 heavy (non-hydrogen) atoms. The van der Waals surface area contributed by atoms with Crippen LogP contribution in [0.2, 0.25) is 0 Å². The summed E-state index contributed by atoms with van der Waals surface area (Å²) in [6.45, 7) is 1.88. The minimum Gasteiger partial charge on any atom is -0.504 e. The van der Waals surface area contributed by atoms with Gasteiger partial charge in [0.05, 0.1) is 39.3 Å². The lowest BCUT2D eigenvalue weighted by molar-refractivity contribution is -0.137. The second-order valence-electron chi connectivity index (χ2n) is 4.92. The van der Waals surface area contributed by atoms with E-state index >= 15 is 0 Å². The molecule has 0 amide bonds. The Morgan fingerprint density at radius 1 is 1.09 bits per heavy atom. The highest BCUT2D eigenvalue weighted by Gasteiger charge is 2.24. The quantitative estimate of drug-likeness (QED) is 0.418. The fourth-order valence-corrected chi connectivity index (χ4v) is 2.13. The Balaban J connectivity index is 2.90. The van der Waals surface area contributed by atoms with Crippen molar-refractivity contribution in [3.05, 3.63) is 47.7 Å². The van der Waals surface area contributed by atoms with Crippen LogP contribution >= 0.6 is 0 Å². The lowest BCUT2D eigenvalue weighted by Crippen LogP contribution is -2.24. The van der Waals surface area contributed by atoms with Crippen molar-refractivity contribution in [1.82, 2.24) is 0 Å². The van der Waals surface area contributed by atoms with Gasteiger partial charge in [-0.3, -0.25) is 0 Å². The van der Waals surface area contributed by atoms with Crippen LogP contribution in [0.3, 0.4) is 0 Å². The Bertz CT molecular complexity index is 545. The summed E-state index contributed by atoms with van der Waals surface area (Å²) in [5, 5.41) is 0. The first-order valence-corrected chi connectivity index (χ1v) is 7.23. The fraction of sp³-hybridized carbons (Fsp3) is 0.389. The summed E-state index contributed by atoms with van der Waals surface area (Å²) in [5.41, 5.74) is 1.43. The van der Waals surface area contributed by atoms with Gasteiger partial charge in [-0.2, -0.15) is 0 Å². The molecule has 5 heteroatoms. The molecule has 0 unspecified atom stereocenters. The van der Waals surface area contributed by atoms with Gasteiger partial charge in [0.1, 0.15) is 5.75 Å². The number of benzene rings is 1. The smallest absolute Gasteiger partial charge is 0.337 e. The van der Waals surface area contributed by atoms with Crippen molar-refractivity contribution < 1.29 is 23.7 Å². The molecular weight excluding hydrogens is 296 g/mol. The molecule has 0 fully saturated rings. The number of hydrogen-bond donors (Lipinski definition) is 0. The Kier molecular flexibility index (Phi) is 7.91. The van der Waals surface area contributed by atoms with E-state index in [0.29, 0.717) is 5.57 Å². The molecule has 0 spiro atoms. The third-order valence-corrected chi connectivity index (χ3v) is 3.52. The van der Waals surface area contributed by atoms with E-state index in [1.807, 2.05) is 43.3 Å². The van der Waals surface area contributed by atoms with Gasteiger partial charge in [0.15, 0.2) is 0 Å². The van der Waals surface area contributed by atoms with Gasteiger partial charge in [-0.05, 0) is 17.7 Å². The standard InChI is InChI=1S/C18H24O5/c1-13(16(12-20-2)18(19)23-5)17(22-4)11-8-14-6-9-15(21-3)10-7-14/h6-13,17H,1-5H3/t13-,17-/m0/s1. The average molecular weight is 320 g/mol. The molecule has 2 atom stereocenters. The highest BCUT2D eigenvalue weighted by molar-refractivity contribution is 5.88. The summed E-state index contributed by atoms with van der Waals surface area (Å²) in [5.74, 6) is 0.149. The molecule has 0 aromatic heterocycles. The van der Waals surface area contributed by atoms with Gasteiger partial charge in [0.2, 0.25) is 0 Å². The maximum absolute atomic E-state index is 11.8. The first-order valence-electron chi connectivity index (χ1n) is 7.23. The third-order valence-electron chi connectivity index (χ3n) is 3.52. The third kappa shape index (κ3) is 5.45. The van der Waals surface area contributed by atoms with E-state index in [2.05, 4.69) is 0 Å². The van der Waals surface area contributed by atoms with Crippen molar-refractivity contribution in [2.75, 3.05) is 28.4 Å². The molecule has 0 aliphatic heterocycles. The number of rotatable bonds is 8. The first kappa shape index (κ1) is 18.8. The van der Waals surface area contributed by atoms with E-state index in [4.69, 9.17) is 18.9 Å². The van der Waals surface area contributed by atoms with Crippen molar-refractivity contribution >= 4 is 12.0 Å². The van der Waals surface area contributed by atoms with E-state index in [1.54, 1.807) is 14.2 Å². The van der Waals surface area contributed by atoms with Gasteiger partial charge < -0.3 is 18.9 Å². The van der Waals surface area contributed by atoms with E-state index in [-0.39, 0.29) is 12.0 Å². The van der Waals surface area contributed by atoms with Crippen LogP contribution in [0.25, 0.3) is 6.08 Å². The molecule has 1 aromatic rings. The molecule has 0 N–H and O–H groups in total. The van der Waals surface area contributed by atoms with Crippen molar-refractivity contribution in [2.24, 2.45) is 5.92 Å². The highest BCUT2D eigenvalue weighted by atomic mass is 16.5. The molecule has 0 aliphatic carbocycles. The first-order chi connectivity index (χ1) is 11.1. The zero-order valence-corrected chi connectivity index (χ0v) is 14.2. The van der Waals surface area contributed by atoms with Crippen LogP contribution in [0, 0.1) is 5.92 Å². The summed E-state index contributed by atoms with van der Waals surface area (Å²) in [7, 11) is 6.06. The molecule has 126 valence electrons. The number of methoxy groups -OCH3 is 4. The Morgan fingerprint density at radius 3 is 2.22 bits per heavy atom. The molecule has 0 saturated heterocycles. The van der Waals surface area contributed by atoms with Crippen LogP contribution < -0.4 is 4.74 Å². The number of ether oxygens (including phenoxy) is 4. The van der Waals surface area contributed by atoms with Gasteiger partial charge in [0.25, 0.3) is 0 Å². The largest absolute Gasteiger partial charge is 0.504 e. The molecule has 0 aliphatic rings. The van der Waals surface area contributed by atoms with Crippen molar-refractivity contribution in [1.29, 1.82) is 0 Å². The van der Waals surface area contributed by atoms with E-state index in [9.17, 15) is 4.79 Å². The number of hydrogen-bond acceptors (Lipinski definition) is 5. The minimum absolute atomic E-state index is 0.220.